The molecule has 1 N–H and O–H groups in total. The van der Waals surface area contributed by atoms with Gasteiger partial charge < -0.3 is 19.2 Å². The van der Waals surface area contributed by atoms with Crippen LogP contribution < -0.4 is 14.8 Å². The van der Waals surface area contributed by atoms with E-state index >= 15 is 0 Å². The van der Waals surface area contributed by atoms with Crippen molar-refractivity contribution in [1.29, 1.82) is 0 Å². The number of furan rings is 1. The van der Waals surface area contributed by atoms with E-state index in [-0.39, 0.29) is 5.91 Å². The number of methoxy groups -OCH3 is 2. The van der Waals surface area contributed by atoms with E-state index in [1.165, 1.54) is 0 Å². The van der Waals surface area contributed by atoms with Crippen LogP contribution in [0.2, 0.25) is 5.02 Å². The molecule has 0 aliphatic carbocycles. The van der Waals surface area contributed by atoms with Gasteiger partial charge in [0.1, 0.15) is 5.58 Å². The van der Waals surface area contributed by atoms with Gasteiger partial charge in [-0.3, -0.25) is 4.79 Å². The number of nitrogens with one attached hydrogen (secondary N) is 1. The Hall–Kier alpha value is -2.66. The van der Waals surface area contributed by atoms with Crippen LogP contribution in [-0.2, 0) is 6.42 Å². The molecule has 2 aromatic carbocycles. The highest BCUT2D eigenvalue weighted by Gasteiger charge is 2.17. The minimum Gasteiger partial charge on any atom is -0.493 e. The Balaban J connectivity index is 1.67. The van der Waals surface area contributed by atoms with E-state index in [1.54, 1.807) is 32.4 Å². The molecule has 1 heterocycles. The normalized spacial score (nSPS) is 10.8. The van der Waals surface area contributed by atoms with Crippen LogP contribution in [0.4, 0.5) is 0 Å². The summed E-state index contributed by atoms with van der Waals surface area (Å²) in [5.74, 6) is 1.42. The fraction of sp³-hybridized carbons (Fsp3) is 0.250. The summed E-state index contributed by atoms with van der Waals surface area (Å²) < 4.78 is 16.2. The van der Waals surface area contributed by atoms with Crippen LogP contribution in [0.3, 0.4) is 0 Å². The molecule has 1 amide bonds. The van der Waals surface area contributed by atoms with Crippen molar-refractivity contribution >= 4 is 28.5 Å². The van der Waals surface area contributed by atoms with Crippen LogP contribution in [0.1, 0.15) is 21.7 Å². The summed E-state index contributed by atoms with van der Waals surface area (Å²) in [6, 6.07) is 11.0. The van der Waals surface area contributed by atoms with E-state index in [4.69, 9.17) is 25.5 Å². The third kappa shape index (κ3) is 3.63. The van der Waals surface area contributed by atoms with Gasteiger partial charge in [0.2, 0.25) is 0 Å². The van der Waals surface area contributed by atoms with Gasteiger partial charge in [-0.25, -0.2) is 0 Å². The van der Waals surface area contributed by atoms with Crippen LogP contribution >= 0.6 is 11.6 Å². The molecule has 0 aliphatic rings. The van der Waals surface area contributed by atoms with E-state index in [0.717, 1.165) is 16.5 Å². The average molecular weight is 374 g/mol. The zero-order valence-corrected chi connectivity index (χ0v) is 15.6. The van der Waals surface area contributed by atoms with Gasteiger partial charge in [-0.1, -0.05) is 17.7 Å². The SMILES string of the molecule is COc1ccc(CCNC(=O)c2oc3ccc(Cl)cc3c2C)cc1OC. The second-order valence-corrected chi connectivity index (χ2v) is 6.33. The van der Waals surface area contributed by atoms with Crippen molar-refractivity contribution in [2.75, 3.05) is 20.8 Å². The fourth-order valence-corrected chi connectivity index (χ4v) is 3.02. The quantitative estimate of drug-likeness (QED) is 0.696. The number of rotatable bonds is 6. The molecule has 0 atom stereocenters. The van der Waals surface area contributed by atoms with Gasteiger partial charge in [0.05, 0.1) is 14.2 Å². The van der Waals surface area contributed by atoms with Gasteiger partial charge in [0.15, 0.2) is 17.3 Å². The first-order chi connectivity index (χ1) is 12.5. The number of halogens is 1. The molecule has 136 valence electrons. The first-order valence-corrected chi connectivity index (χ1v) is 8.59. The first kappa shape index (κ1) is 18.1. The molecule has 0 saturated carbocycles. The number of hydrogen-bond donors (Lipinski definition) is 1. The Bertz CT molecular complexity index is 948. The number of carbonyl (C=O) groups is 1. The lowest BCUT2D eigenvalue weighted by molar-refractivity contribution is 0.0928. The molecule has 0 fully saturated rings. The maximum atomic E-state index is 12.5. The number of benzene rings is 2. The van der Waals surface area contributed by atoms with Gasteiger partial charge in [-0.2, -0.15) is 0 Å². The number of carbonyl (C=O) groups excluding carboxylic acids is 1. The molecule has 5 nitrogen and oxygen atoms in total. The lowest BCUT2D eigenvalue weighted by Gasteiger charge is -2.10. The first-order valence-electron chi connectivity index (χ1n) is 8.21. The summed E-state index contributed by atoms with van der Waals surface area (Å²) in [5.41, 5.74) is 2.47. The summed E-state index contributed by atoms with van der Waals surface area (Å²) in [5, 5.41) is 4.35. The molecule has 6 heteroatoms. The van der Waals surface area contributed by atoms with E-state index in [0.29, 0.717) is 40.8 Å². The van der Waals surface area contributed by atoms with Gasteiger partial charge >= 0.3 is 0 Å². The van der Waals surface area contributed by atoms with E-state index in [9.17, 15) is 4.79 Å². The summed E-state index contributed by atoms with van der Waals surface area (Å²) in [6.45, 7) is 2.33. The van der Waals surface area contributed by atoms with E-state index in [1.807, 2.05) is 25.1 Å². The largest absolute Gasteiger partial charge is 0.493 e. The van der Waals surface area contributed by atoms with Gasteiger partial charge in [-0.05, 0) is 49.2 Å². The molecular weight excluding hydrogens is 354 g/mol. The highest BCUT2D eigenvalue weighted by molar-refractivity contribution is 6.31. The maximum Gasteiger partial charge on any atom is 0.287 e. The van der Waals surface area contributed by atoms with Gasteiger partial charge in [0, 0.05) is 22.5 Å². The number of aryl methyl sites for hydroxylation is 1. The lowest BCUT2D eigenvalue weighted by atomic mass is 10.1. The minimum absolute atomic E-state index is 0.240. The molecule has 0 spiro atoms. The van der Waals surface area contributed by atoms with Crippen molar-refractivity contribution in [2.24, 2.45) is 0 Å². The maximum absolute atomic E-state index is 12.5. The average Bonchev–Trinajstić information content (AvgIpc) is 2.97. The van der Waals surface area contributed by atoms with E-state index < -0.39 is 0 Å². The molecule has 0 radical (unpaired) electrons. The molecule has 1 aromatic heterocycles. The van der Waals surface area contributed by atoms with Crippen molar-refractivity contribution in [3.05, 3.63) is 58.3 Å². The standard InChI is InChI=1S/C20H20ClNO4/c1-12-15-11-14(21)5-7-16(15)26-19(12)20(23)22-9-8-13-4-6-17(24-2)18(10-13)25-3/h4-7,10-11H,8-9H2,1-3H3,(H,22,23). The smallest absolute Gasteiger partial charge is 0.287 e. The molecule has 3 aromatic rings. The molecule has 0 unspecified atom stereocenters. The molecular formula is C20H20ClNO4. The van der Waals surface area contributed by atoms with Crippen LogP contribution in [0.15, 0.2) is 40.8 Å². The molecule has 0 aliphatic heterocycles. The Kier molecular flexibility index (Phi) is 5.38. The zero-order valence-electron chi connectivity index (χ0n) is 14.9. The number of ether oxygens (including phenoxy) is 2. The Labute approximate surface area is 156 Å². The Morgan fingerprint density at radius 1 is 1.12 bits per heavy atom. The molecule has 26 heavy (non-hydrogen) atoms. The number of hydrogen-bond acceptors (Lipinski definition) is 4. The summed E-state index contributed by atoms with van der Waals surface area (Å²) >= 11 is 6.02. The van der Waals surface area contributed by atoms with Crippen molar-refractivity contribution in [2.45, 2.75) is 13.3 Å². The zero-order chi connectivity index (χ0) is 18.7. The molecule has 0 saturated heterocycles. The van der Waals surface area contributed by atoms with Crippen LogP contribution in [0.5, 0.6) is 11.5 Å². The van der Waals surface area contributed by atoms with Crippen molar-refractivity contribution in [1.82, 2.24) is 5.32 Å². The van der Waals surface area contributed by atoms with Crippen LogP contribution in [0, 0.1) is 6.92 Å². The Morgan fingerprint density at radius 2 is 1.88 bits per heavy atom. The monoisotopic (exact) mass is 373 g/mol. The highest BCUT2D eigenvalue weighted by atomic mass is 35.5. The predicted molar refractivity (Wildman–Crippen MR) is 102 cm³/mol. The van der Waals surface area contributed by atoms with Gasteiger partial charge in [0.25, 0.3) is 5.91 Å². The Morgan fingerprint density at radius 3 is 2.62 bits per heavy atom. The predicted octanol–water partition coefficient (Wildman–Crippen LogP) is 4.38. The third-order valence-corrected chi connectivity index (χ3v) is 4.49. The van der Waals surface area contributed by atoms with E-state index in [2.05, 4.69) is 5.32 Å². The topological polar surface area (TPSA) is 60.7 Å². The summed E-state index contributed by atoms with van der Waals surface area (Å²) in [7, 11) is 3.20. The fourth-order valence-electron chi connectivity index (χ4n) is 2.85. The van der Waals surface area contributed by atoms with Crippen LogP contribution in [-0.4, -0.2) is 26.7 Å². The summed E-state index contributed by atoms with van der Waals surface area (Å²) in [6.07, 6.45) is 0.664. The lowest BCUT2D eigenvalue weighted by Crippen LogP contribution is -2.25. The van der Waals surface area contributed by atoms with Gasteiger partial charge in [-0.15, -0.1) is 0 Å². The molecule has 3 rings (SSSR count). The van der Waals surface area contributed by atoms with Crippen molar-refractivity contribution in [3.63, 3.8) is 0 Å². The van der Waals surface area contributed by atoms with Crippen LogP contribution in [0.25, 0.3) is 11.0 Å². The highest BCUT2D eigenvalue weighted by Crippen LogP contribution is 2.29. The summed E-state index contributed by atoms with van der Waals surface area (Å²) in [4.78, 5) is 12.5. The number of fused-ring (bicyclic) bond motifs is 1. The number of amides is 1. The van der Waals surface area contributed by atoms with Crippen molar-refractivity contribution in [3.8, 4) is 11.5 Å². The third-order valence-electron chi connectivity index (χ3n) is 4.25. The van der Waals surface area contributed by atoms with Crippen molar-refractivity contribution < 1.29 is 18.7 Å². The minimum atomic E-state index is -0.240. The second kappa shape index (κ2) is 7.70. The second-order valence-electron chi connectivity index (χ2n) is 5.89. The molecule has 0 bridgehead atoms.